The van der Waals surface area contributed by atoms with Crippen LogP contribution in [0.5, 0.6) is 0 Å². The van der Waals surface area contributed by atoms with Crippen LogP contribution in [0.2, 0.25) is 0 Å². The molecule has 0 fully saturated rings. The average Bonchev–Trinajstić information content (AvgIpc) is 2.25. The first kappa shape index (κ1) is 13.1. The van der Waals surface area contributed by atoms with Gasteiger partial charge in [0.2, 0.25) is 5.83 Å². The molecule has 0 heterocycles. The lowest BCUT2D eigenvalue weighted by Crippen LogP contribution is -2.23. The quantitative estimate of drug-likeness (QED) is 0.756. The molecule has 0 bridgehead atoms. The van der Waals surface area contributed by atoms with Crippen LogP contribution in [-0.4, -0.2) is 12.1 Å². The molecule has 1 aromatic carbocycles. The van der Waals surface area contributed by atoms with E-state index in [1.165, 1.54) is 0 Å². The van der Waals surface area contributed by atoms with Crippen molar-refractivity contribution in [3.63, 3.8) is 0 Å². The summed E-state index contributed by atoms with van der Waals surface area (Å²) < 4.78 is 61.4. The number of carboxylic acid groups (broad SMARTS) is 1. The number of aromatic carboxylic acids is 1. The summed E-state index contributed by atoms with van der Waals surface area (Å²) in [5, 5.41) is 10.5. The molecule has 0 N–H and O–H groups in total. The van der Waals surface area contributed by atoms with E-state index in [-0.39, 0.29) is 0 Å². The number of carbonyl (C=O) groups excluding carboxylic acids is 1. The van der Waals surface area contributed by atoms with Gasteiger partial charge in [-0.1, -0.05) is 24.3 Å². The largest absolute Gasteiger partial charge is 0.545 e. The Bertz CT molecular complexity index is 476. The van der Waals surface area contributed by atoms with Gasteiger partial charge in [-0.25, -0.2) is 4.39 Å². The van der Waals surface area contributed by atoms with Crippen LogP contribution in [0, 0.1) is 0 Å². The van der Waals surface area contributed by atoms with Gasteiger partial charge in [0.05, 0.1) is 5.97 Å². The van der Waals surface area contributed by atoms with E-state index < -0.39 is 34.9 Å². The van der Waals surface area contributed by atoms with Crippen molar-refractivity contribution in [2.24, 2.45) is 0 Å². The average molecular weight is 251 g/mol. The maximum absolute atomic E-state index is 13.1. The molecule has 92 valence electrons. The van der Waals surface area contributed by atoms with Crippen LogP contribution in [-0.2, 0) is 0 Å². The molecule has 0 aliphatic rings. The highest BCUT2D eigenvalue weighted by Gasteiger charge is 2.38. The van der Waals surface area contributed by atoms with Crippen molar-refractivity contribution in [1.82, 2.24) is 0 Å². The van der Waals surface area contributed by atoms with Crippen molar-refractivity contribution in [3.8, 4) is 0 Å². The Morgan fingerprint density at radius 2 is 1.53 bits per heavy atom. The first-order valence-electron chi connectivity index (χ1n) is 4.18. The first-order valence-corrected chi connectivity index (χ1v) is 4.18. The molecule has 1 aromatic rings. The maximum atomic E-state index is 13.1. The monoisotopic (exact) mass is 251 g/mol. The Morgan fingerprint density at radius 1 is 1.06 bits per heavy atom. The van der Waals surface area contributed by atoms with Gasteiger partial charge in [-0.05, 0) is 0 Å². The van der Waals surface area contributed by atoms with Crippen LogP contribution in [0.4, 0.5) is 22.0 Å². The van der Waals surface area contributed by atoms with E-state index in [0.29, 0.717) is 6.07 Å². The number of rotatable bonds is 2. The number of benzene rings is 1. The zero-order valence-corrected chi connectivity index (χ0v) is 8.02. The van der Waals surface area contributed by atoms with E-state index in [9.17, 15) is 31.9 Å². The van der Waals surface area contributed by atoms with Crippen molar-refractivity contribution in [3.05, 3.63) is 41.2 Å². The minimum absolute atomic E-state index is 0.714. The van der Waals surface area contributed by atoms with Gasteiger partial charge in [0, 0.05) is 11.1 Å². The molecule has 17 heavy (non-hydrogen) atoms. The third-order valence-electron chi connectivity index (χ3n) is 1.83. The molecule has 0 amide bonds. The second-order valence-corrected chi connectivity index (χ2v) is 2.96. The summed E-state index contributed by atoms with van der Waals surface area (Å²) in [6.07, 6.45) is -5.51. The lowest BCUT2D eigenvalue weighted by molar-refractivity contribution is -0.255. The number of carbonyl (C=O) groups is 1. The molecule has 0 unspecified atom stereocenters. The van der Waals surface area contributed by atoms with Crippen molar-refractivity contribution in [1.29, 1.82) is 0 Å². The fourth-order valence-corrected chi connectivity index (χ4v) is 1.10. The van der Waals surface area contributed by atoms with Gasteiger partial charge >= 0.3 is 6.18 Å². The summed E-state index contributed by atoms with van der Waals surface area (Å²) in [5.74, 6) is -7.16. The maximum Gasteiger partial charge on any atom is 0.445 e. The zero-order valence-electron chi connectivity index (χ0n) is 8.02. The predicted molar refractivity (Wildman–Crippen MR) is 46.0 cm³/mol. The van der Waals surface area contributed by atoms with Crippen LogP contribution in [0.1, 0.15) is 15.9 Å². The van der Waals surface area contributed by atoms with E-state index in [0.717, 1.165) is 18.2 Å². The molecular formula is C10H4F5O2-. The van der Waals surface area contributed by atoms with Crippen LogP contribution in [0.15, 0.2) is 30.1 Å². The summed E-state index contributed by atoms with van der Waals surface area (Å²) in [4.78, 5) is 10.5. The number of allylic oxidation sites excluding steroid dienone is 1. The summed E-state index contributed by atoms with van der Waals surface area (Å²) in [6.45, 7) is 0. The lowest BCUT2D eigenvalue weighted by Gasteiger charge is -2.10. The van der Waals surface area contributed by atoms with Gasteiger partial charge in [-0.3, -0.25) is 0 Å². The number of hydrogen-bond donors (Lipinski definition) is 0. The lowest BCUT2D eigenvalue weighted by atomic mass is 10.1. The highest BCUT2D eigenvalue weighted by Crippen LogP contribution is 2.35. The Morgan fingerprint density at radius 3 is 1.94 bits per heavy atom. The fourth-order valence-electron chi connectivity index (χ4n) is 1.10. The Balaban J connectivity index is 3.40. The SMILES string of the molecule is O=C([O-])c1ccccc1C(F)=C(F)C(F)(F)F. The first-order chi connectivity index (χ1) is 7.75. The molecule has 0 aliphatic carbocycles. The molecule has 2 nitrogen and oxygen atoms in total. The van der Waals surface area contributed by atoms with Gasteiger partial charge in [-0.2, -0.15) is 17.6 Å². The number of carboxylic acids is 1. The third kappa shape index (κ3) is 2.80. The molecule has 7 heteroatoms. The van der Waals surface area contributed by atoms with Crippen LogP contribution < -0.4 is 5.11 Å². The molecular weight excluding hydrogens is 247 g/mol. The normalized spacial score (nSPS) is 13.2. The highest BCUT2D eigenvalue weighted by atomic mass is 19.4. The van der Waals surface area contributed by atoms with Crippen LogP contribution >= 0.6 is 0 Å². The van der Waals surface area contributed by atoms with E-state index in [4.69, 9.17) is 0 Å². The summed E-state index contributed by atoms with van der Waals surface area (Å²) >= 11 is 0. The highest BCUT2D eigenvalue weighted by molar-refractivity contribution is 5.92. The number of halogens is 5. The number of alkyl halides is 3. The standard InChI is InChI=1S/C10H5F5O2/c11-7(8(12)10(13,14)15)5-3-1-2-4-6(5)9(16)17/h1-4H,(H,16,17)/p-1. The van der Waals surface area contributed by atoms with Gasteiger partial charge < -0.3 is 9.90 Å². The molecule has 0 spiro atoms. The van der Waals surface area contributed by atoms with E-state index in [1.54, 1.807) is 0 Å². The summed E-state index contributed by atoms with van der Waals surface area (Å²) in [7, 11) is 0. The second kappa shape index (κ2) is 4.52. The molecule has 0 radical (unpaired) electrons. The number of hydrogen-bond acceptors (Lipinski definition) is 2. The Hall–Kier alpha value is -1.92. The molecule has 0 atom stereocenters. The van der Waals surface area contributed by atoms with Gasteiger partial charge in [-0.15, -0.1) is 0 Å². The molecule has 0 aromatic heterocycles. The molecule has 0 saturated heterocycles. The second-order valence-electron chi connectivity index (χ2n) is 2.96. The minimum Gasteiger partial charge on any atom is -0.545 e. The molecule has 0 saturated carbocycles. The van der Waals surface area contributed by atoms with Gasteiger partial charge in [0.1, 0.15) is 0 Å². The fraction of sp³-hybridized carbons (Fsp3) is 0.100. The predicted octanol–water partition coefficient (Wildman–Crippen LogP) is 2.22. The van der Waals surface area contributed by atoms with Crippen molar-refractivity contribution >= 4 is 11.8 Å². The van der Waals surface area contributed by atoms with Gasteiger partial charge in [0.15, 0.2) is 5.83 Å². The van der Waals surface area contributed by atoms with Crippen molar-refractivity contribution < 1.29 is 31.9 Å². The van der Waals surface area contributed by atoms with Crippen molar-refractivity contribution in [2.45, 2.75) is 6.18 Å². The minimum atomic E-state index is -5.51. The third-order valence-corrected chi connectivity index (χ3v) is 1.83. The van der Waals surface area contributed by atoms with E-state index in [1.807, 2.05) is 0 Å². The Labute approximate surface area is 92.0 Å². The topological polar surface area (TPSA) is 40.1 Å². The van der Waals surface area contributed by atoms with E-state index in [2.05, 4.69) is 0 Å². The molecule has 1 rings (SSSR count). The van der Waals surface area contributed by atoms with Crippen LogP contribution in [0.3, 0.4) is 0 Å². The van der Waals surface area contributed by atoms with E-state index >= 15 is 0 Å². The van der Waals surface area contributed by atoms with Crippen LogP contribution in [0.25, 0.3) is 5.83 Å². The Kier molecular flexibility index (Phi) is 3.50. The zero-order chi connectivity index (χ0) is 13.2. The van der Waals surface area contributed by atoms with Gasteiger partial charge in [0.25, 0.3) is 0 Å². The summed E-state index contributed by atoms with van der Waals surface area (Å²) in [5.41, 5.74) is -1.87. The smallest absolute Gasteiger partial charge is 0.445 e. The summed E-state index contributed by atoms with van der Waals surface area (Å²) in [6, 6.07) is 3.75. The molecule has 0 aliphatic heterocycles. The van der Waals surface area contributed by atoms with Crippen molar-refractivity contribution in [2.75, 3.05) is 0 Å².